The molecule has 0 aromatic heterocycles. The van der Waals surface area contributed by atoms with Gasteiger partial charge in [0.1, 0.15) is 0 Å². The molecule has 2 aromatic rings. The smallest absolute Gasteiger partial charge is 0.171 e. The summed E-state index contributed by atoms with van der Waals surface area (Å²) >= 11 is 5.45. The highest BCUT2D eigenvalue weighted by Crippen LogP contribution is 2.30. The van der Waals surface area contributed by atoms with Gasteiger partial charge in [-0.25, -0.2) is 0 Å². The minimum absolute atomic E-state index is 0.0406. The Bertz CT molecular complexity index is 719. The molecule has 0 bridgehead atoms. The van der Waals surface area contributed by atoms with Crippen LogP contribution in [0.5, 0.6) is 11.5 Å². The third-order valence-electron chi connectivity index (χ3n) is 3.81. The zero-order valence-electron chi connectivity index (χ0n) is 15.3. The first-order valence-corrected chi connectivity index (χ1v) is 8.98. The van der Waals surface area contributed by atoms with E-state index in [2.05, 4.69) is 30.5 Å². The third kappa shape index (κ3) is 5.36. The number of ether oxygens (including phenoxy) is 2. The Morgan fingerprint density at radius 1 is 1.04 bits per heavy atom. The van der Waals surface area contributed by atoms with Gasteiger partial charge in [-0.2, -0.15) is 0 Å². The van der Waals surface area contributed by atoms with Crippen LogP contribution in [0.25, 0.3) is 0 Å². The van der Waals surface area contributed by atoms with Crippen LogP contribution in [0.15, 0.2) is 42.5 Å². The quantitative estimate of drug-likeness (QED) is 0.693. The Morgan fingerprint density at radius 2 is 1.72 bits per heavy atom. The summed E-state index contributed by atoms with van der Waals surface area (Å²) in [5, 5.41) is 7.15. The number of hydrogen-bond acceptors (Lipinski definition) is 3. The fraction of sp³-hybridized carbons (Fsp3) is 0.350. The maximum atomic E-state index is 5.70. The van der Waals surface area contributed by atoms with Gasteiger partial charge < -0.3 is 20.1 Å². The number of thiocarbonyl (C=S) groups is 1. The van der Waals surface area contributed by atoms with Gasteiger partial charge in [0.15, 0.2) is 16.6 Å². The first-order valence-electron chi connectivity index (χ1n) is 8.57. The Labute approximate surface area is 155 Å². The van der Waals surface area contributed by atoms with Crippen LogP contribution in [0, 0.1) is 6.92 Å². The molecule has 0 heterocycles. The second kappa shape index (κ2) is 9.28. The molecule has 2 N–H and O–H groups in total. The van der Waals surface area contributed by atoms with Crippen LogP contribution < -0.4 is 20.1 Å². The second-order valence-electron chi connectivity index (χ2n) is 5.71. The van der Waals surface area contributed by atoms with Gasteiger partial charge in [0.05, 0.1) is 19.3 Å². The highest BCUT2D eigenvalue weighted by Gasteiger charge is 2.12. The lowest BCUT2D eigenvalue weighted by Gasteiger charge is -2.20. The summed E-state index contributed by atoms with van der Waals surface area (Å²) in [5.41, 5.74) is 3.24. The third-order valence-corrected chi connectivity index (χ3v) is 4.03. The minimum Gasteiger partial charge on any atom is -0.490 e. The lowest BCUT2D eigenvalue weighted by molar-refractivity contribution is 0.287. The summed E-state index contributed by atoms with van der Waals surface area (Å²) in [6.07, 6.45) is 0. The highest BCUT2D eigenvalue weighted by molar-refractivity contribution is 7.80. The molecular formula is C20H26N2O2S. The number of anilines is 1. The largest absolute Gasteiger partial charge is 0.490 e. The van der Waals surface area contributed by atoms with Gasteiger partial charge in [-0.15, -0.1) is 0 Å². The molecule has 134 valence electrons. The van der Waals surface area contributed by atoms with E-state index in [1.807, 2.05) is 50.2 Å². The van der Waals surface area contributed by atoms with E-state index in [1.165, 1.54) is 0 Å². The van der Waals surface area contributed by atoms with Crippen LogP contribution in [0.2, 0.25) is 0 Å². The summed E-state index contributed by atoms with van der Waals surface area (Å²) in [4.78, 5) is 0. The SMILES string of the molecule is CCOc1ccc(C(C)NC(=S)Nc2ccccc2C)cc1OCC. The first kappa shape index (κ1) is 19.1. The van der Waals surface area contributed by atoms with Gasteiger partial charge in [0.2, 0.25) is 0 Å². The van der Waals surface area contributed by atoms with Gasteiger partial charge in [-0.3, -0.25) is 0 Å². The molecule has 0 aliphatic rings. The summed E-state index contributed by atoms with van der Waals surface area (Å²) in [7, 11) is 0. The van der Waals surface area contributed by atoms with Crippen LogP contribution in [0.4, 0.5) is 5.69 Å². The molecule has 0 radical (unpaired) electrons. The van der Waals surface area contributed by atoms with Crippen LogP contribution in [0.3, 0.4) is 0 Å². The Kier molecular flexibility index (Phi) is 7.07. The normalized spacial score (nSPS) is 11.5. The summed E-state index contributed by atoms with van der Waals surface area (Å²) in [6.45, 7) is 9.25. The molecule has 0 saturated carbocycles. The molecule has 0 spiro atoms. The zero-order chi connectivity index (χ0) is 18.2. The fourth-order valence-electron chi connectivity index (χ4n) is 2.49. The predicted octanol–water partition coefficient (Wildman–Crippen LogP) is 4.84. The first-order chi connectivity index (χ1) is 12.0. The summed E-state index contributed by atoms with van der Waals surface area (Å²) in [6, 6.07) is 14.1. The van der Waals surface area contributed by atoms with Crippen LogP contribution in [0.1, 0.15) is 37.9 Å². The fourth-order valence-corrected chi connectivity index (χ4v) is 2.78. The topological polar surface area (TPSA) is 42.5 Å². The minimum atomic E-state index is 0.0406. The van der Waals surface area contributed by atoms with E-state index < -0.39 is 0 Å². The molecule has 0 saturated heterocycles. The van der Waals surface area contributed by atoms with Crippen molar-refractivity contribution in [3.8, 4) is 11.5 Å². The number of hydrogen-bond donors (Lipinski definition) is 2. The zero-order valence-corrected chi connectivity index (χ0v) is 16.1. The average molecular weight is 359 g/mol. The molecular weight excluding hydrogens is 332 g/mol. The van der Waals surface area contributed by atoms with Crippen molar-refractivity contribution in [3.63, 3.8) is 0 Å². The summed E-state index contributed by atoms with van der Waals surface area (Å²) in [5.74, 6) is 1.52. The van der Waals surface area contributed by atoms with Gasteiger partial charge in [-0.05, 0) is 69.2 Å². The molecule has 5 heteroatoms. The van der Waals surface area contributed by atoms with Crippen LogP contribution in [-0.2, 0) is 0 Å². The van der Waals surface area contributed by atoms with Gasteiger partial charge in [-0.1, -0.05) is 24.3 Å². The molecule has 4 nitrogen and oxygen atoms in total. The van der Waals surface area contributed by atoms with Gasteiger partial charge >= 0.3 is 0 Å². The standard InChI is InChI=1S/C20H26N2O2S/c1-5-23-18-12-11-16(13-19(18)24-6-2)15(4)21-20(25)22-17-10-8-7-9-14(17)3/h7-13,15H,5-6H2,1-4H3,(H2,21,22,25). The molecule has 0 fully saturated rings. The molecule has 1 unspecified atom stereocenters. The maximum absolute atomic E-state index is 5.70. The molecule has 2 aromatic carbocycles. The van der Waals surface area contributed by atoms with E-state index in [0.29, 0.717) is 18.3 Å². The van der Waals surface area contributed by atoms with E-state index >= 15 is 0 Å². The van der Waals surface area contributed by atoms with Crippen LogP contribution in [-0.4, -0.2) is 18.3 Å². The second-order valence-corrected chi connectivity index (χ2v) is 6.12. The Hall–Kier alpha value is -2.27. The van der Waals surface area contributed by atoms with Crippen molar-refractivity contribution in [2.24, 2.45) is 0 Å². The van der Waals surface area contributed by atoms with E-state index in [-0.39, 0.29) is 6.04 Å². The van der Waals surface area contributed by atoms with Crippen molar-refractivity contribution >= 4 is 23.0 Å². The molecule has 1 atom stereocenters. The number of benzene rings is 2. The average Bonchev–Trinajstić information content (AvgIpc) is 2.59. The summed E-state index contributed by atoms with van der Waals surface area (Å²) < 4.78 is 11.3. The lowest BCUT2D eigenvalue weighted by Crippen LogP contribution is -2.31. The Balaban J connectivity index is 2.06. The predicted molar refractivity (Wildman–Crippen MR) is 108 cm³/mol. The van der Waals surface area contributed by atoms with E-state index in [9.17, 15) is 0 Å². The molecule has 0 aliphatic carbocycles. The number of para-hydroxylation sites is 1. The van der Waals surface area contributed by atoms with E-state index in [1.54, 1.807) is 0 Å². The number of aryl methyl sites for hydroxylation is 1. The van der Waals surface area contributed by atoms with Crippen molar-refractivity contribution in [1.82, 2.24) is 5.32 Å². The lowest BCUT2D eigenvalue weighted by atomic mass is 10.1. The number of rotatable bonds is 7. The Morgan fingerprint density at radius 3 is 2.40 bits per heavy atom. The molecule has 25 heavy (non-hydrogen) atoms. The molecule has 0 aliphatic heterocycles. The van der Waals surface area contributed by atoms with Crippen molar-refractivity contribution in [2.45, 2.75) is 33.7 Å². The maximum Gasteiger partial charge on any atom is 0.171 e. The highest BCUT2D eigenvalue weighted by atomic mass is 32.1. The van der Waals surface area contributed by atoms with Crippen molar-refractivity contribution in [1.29, 1.82) is 0 Å². The van der Waals surface area contributed by atoms with Gasteiger partial charge in [0, 0.05) is 5.69 Å². The molecule has 2 rings (SSSR count). The van der Waals surface area contributed by atoms with Crippen molar-refractivity contribution in [2.75, 3.05) is 18.5 Å². The van der Waals surface area contributed by atoms with E-state index in [0.717, 1.165) is 28.3 Å². The monoisotopic (exact) mass is 358 g/mol. The van der Waals surface area contributed by atoms with Crippen molar-refractivity contribution < 1.29 is 9.47 Å². The molecule has 0 amide bonds. The van der Waals surface area contributed by atoms with Gasteiger partial charge in [0.25, 0.3) is 0 Å². The van der Waals surface area contributed by atoms with E-state index in [4.69, 9.17) is 21.7 Å². The van der Waals surface area contributed by atoms with Crippen molar-refractivity contribution in [3.05, 3.63) is 53.6 Å². The van der Waals surface area contributed by atoms with Crippen LogP contribution >= 0.6 is 12.2 Å². The number of nitrogens with one attached hydrogen (secondary N) is 2.